The summed E-state index contributed by atoms with van der Waals surface area (Å²) in [5, 5.41) is 14.4. The normalized spacial score (nSPS) is 23.6. The summed E-state index contributed by atoms with van der Waals surface area (Å²) >= 11 is 0. The van der Waals surface area contributed by atoms with Crippen molar-refractivity contribution in [1.29, 1.82) is 0 Å². The molecule has 37 heavy (non-hydrogen) atoms. The van der Waals surface area contributed by atoms with Gasteiger partial charge in [-0.25, -0.2) is 8.42 Å². The van der Waals surface area contributed by atoms with Crippen LogP contribution in [0.4, 0.5) is 0 Å². The number of hydrogen-bond donors (Lipinski definition) is 1. The molecule has 3 aliphatic rings. The summed E-state index contributed by atoms with van der Waals surface area (Å²) in [5.74, 6) is -1.08. The third kappa shape index (κ3) is 5.85. The van der Waals surface area contributed by atoms with E-state index >= 15 is 0 Å². The molecule has 1 aliphatic heterocycles. The minimum atomic E-state index is -3.61. The summed E-state index contributed by atoms with van der Waals surface area (Å²) in [6.45, 7) is 13.3. The monoisotopic (exact) mass is 528 g/mol. The first-order valence-electron chi connectivity index (χ1n) is 13.2. The highest BCUT2D eigenvalue weighted by atomic mass is 32.2. The van der Waals surface area contributed by atoms with E-state index in [1.165, 1.54) is 0 Å². The largest absolute Gasteiger partial charge is 0.481 e. The second kappa shape index (κ2) is 10.0. The summed E-state index contributed by atoms with van der Waals surface area (Å²) in [6, 6.07) is 7.21. The van der Waals surface area contributed by atoms with Gasteiger partial charge in [0.15, 0.2) is 0 Å². The lowest BCUT2D eigenvalue weighted by Crippen LogP contribution is -2.29. The summed E-state index contributed by atoms with van der Waals surface area (Å²) in [5.41, 5.74) is 5.02. The van der Waals surface area contributed by atoms with Crippen molar-refractivity contribution in [2.45, 2.75) is 90.6 Å². The van der Waals surface area contributed by atoms with Crippen molar-refractivity contribution in [3.63, 3.8) is 0 Å². The Hall–Kier alpha value is -2.45. The van der Waals surface area contributed by atoms with E-state index < -0.39 is 21.6 Å². The van der Waals surface area contributed by atoms with Crippen LogP contribution in [0.5, 0.6) is 0 Å². The lowest BCUT2D eigenvalue weighted by atomic mass is 9.71. The summed E-state index contributed by atoms with van der Waals surface area (Å²) in [7, 11) is -3.61. The zero-order chi connectivity index (χ0) is 27.2. The van der Waals surface area contributed by atoms with E-state index in [1.807, 2.05) is 39.8 Å². The number of sulfonamides is 1. The first kappa shape index (κ1) is 27.6. The predicted octanol–water partition coefficient (Wildman–Crippen LogP) is 5.72. The van der Waals surface area contributed by atoms with E-state index in [9.17, 15) is 18.3 Å². The molecule has 1 N–H and O–H groups in total. The molecule has 0 radical (unpaired) electrons. The number of oxime groups is 1. The number of aliphatic carboxylic acids is 1. The summed E-state index contributed by atoms with van der Waals surface area (Å²) < 4.78 is 28.7. The molecule has 0 saturated carbocycles. The Balaban J connectivity index is 1.83. The smallest absolute Gasteiger partial charge is 0.304 e. The molecule has 1 fully saturated rings. The van der Waals surface area contributed by atoms with E-state index in [0.717, 1.165) is 52.8 Å². The Labute approximate surface area is 221 Å². The molecular weight excluding hydrogens is 488 g/mol. The molecule has 1 saturated heterocycles. The van der Waals surface area contributed by atoms with Crippen LogP contribution in [-0.2, 0) is 26.1 Å². The fraction of sp³-hybridized carbons (Fsp3) is 0.586. The van der Waals surface area contributed by atoms with Gasteiger partial charge in [-0.05, 0) is 82.4 Å². The van der Waals surface area contributed by atoms with Crippen LogP contribution in [0.3, 0.4) is 0 Å². The number of carboxylic acid groups (broad SMARTS) is 1. The summed E-state index contributed by atoms with van der Waals surface area (Å²) in [4.78, 5) is 18.1. The average molecular weight is 529 g/mol. The molecule has 7 nitrogen and oxygen atoms in total. The third-order valence-corrected chi connectivity index (χ3v) is 9.48. The first-order valence-corrected chi connectivity index (χ1v) is 14.6. The number of carbonyl (C=O) groups is 1. The predicted molar refractivity (Wildman–Crippen MR) is 145 cm³/mol. The lowest BCUT2D eigenvalue weighted by Gasteiger charge is -2.34. The maximum Gasteiger partial charge on any atom is 0.304 e. The maximum absolute atomic E-state index is 13.5. The quantitative estimate of drug-likeness (QED) is 0.457. The Morgan fingerprint density at radius 1 is 1.16 bits per heavy atom. The molecule has 0 aromatic heterocycles. The maximum atomic E-state index is 13.5. The number of allylic oxidation sites excluding steroid dienone is 4. The molecule has 1 heterocycles. The number of rotatable bonds is 7. The lowest BCUT2D eigenvalue weighted by molar-refractivity contribution is -0.137. The Morgan fingerprint density at radius 2 is 1.81 bits per heavy atom. The van der Waals surface area contributed by atoms with Crippen molar-refractivity contribution in [2.75, 3.05) is 13.1 Å². The molecule has 202 valence electrons. The van der Waals surface area contributed by atoms with Crippen molar-refractivity contribution in [2.24, 2.45) is 16.5 Å². The van der Waals surface area contributed by atoms with Crippen LogP contribution in [0, 0.1) is 11.3 Å². The molecule has 1 unspecified atom stereocenters. The highest BCUT2D eigenvalue weighted by Gasteiger charge is 2.42. The molecule has 0 amide bonds. The Kier molecular flexibility index (Phi) is 7.47. The van der Waals surface area contributed by atoms with Crippen molar-refractivity contribution in [3.05, 3.63) is 52.1 Å². The minimum Gasteiger partial charge on any atom is -0.481 e. The third-order valence-electron chi connectivity index (χ3n) is 7.48. The number of benzene rings is 1. The van der Waals surface area contributed by atoms with Gasteiger partial charge in [0.05, 0.1) is 17.0 Å². The van der Waals surface area contributed by atoms with Gasteiger partial charge in [0, 0.05) is 24.6 Å². The van der Waals surface area contributed by atoms with Crippen molar-refractivity contribution < 1.29 is 23.2 Å². The van der Waals surface area contributed by atoms with E-state index in [0.29, 0.717) is 30.8 Å². The van der Waals surface area contributed by atoms with Gasteiger partial charge in [-0.15, -0.1) is 0 Å². The van der Waals surface area contributed by atoms with Gasteiger partial charge in [0.25, 0.3) is 0 Å². The fourth-order valence-electron chi connectivity index (χ4n) is 5.84. The second-order valence-corrected chi connectivity index (χ2v) is 14.3. The molecule has 2 aliphatic carbocycles. The van der Waals surface area contributed by atoms with E-state index in [4.69, 9.17) is 4.84 Å². The van der Waals surface area contributed by atoms with Gasteiger partial charge in [-0.1, -0.05) is 48.3 Å². The Morgan fingerprint density at radius 3 is 2.43 bits per heavy atom. The molecule has 4 rings (SSSR count). The second-order valence-electron chi connectivity index (χ2n) is 12.4. The highest BCUT2D eigenvalue weighted by Crippen LogP contribution is 2.51. The van der Waals surface area contributed by atoms with Crippen LogP contribution >= 0.6 is 0 Å². The van der Waals surface area contributed by atoms with Crippen molar-refractivity contribution in [1.82, 2.24) is 4.31 Å². The van der Waals surface area contributed by atoms with E-state index in [-0.39, 0.29) is 17.8 Å². The van der Waals surface area contributed by atoms with Crippen molar-refractivity contribution in [3.8, 4) is 0 Å². The van der Waals surface area contributed by atoms with Gasteiger partial charge in [0.2, 0.25) is 10.0 Å². The number of nitrogens with zero attached hydrogens (tertiary/aromatic N) is 2. The zero-order valence-electron chi connectivity index (χ0n) is 22.9. The van der Waals surface area contributed by atoms with Gasteiger partial charge < -0.3 is 9.94 Å². The van der Waals surface area contributed by atoms with Crippen LogP contribution in [0.2, 0.25) is 0 Å². The van der Waals surface area contributed by atoms with Crippen LogP contribution in [0.25, 0.3) is 0 Å². The fourth-order valence-corrected chi connectivity index (χ4v) is 7.58. The molecule has 1 aromatic rings. The number of carboxylic acids is 1. The van der Waals surface area contributed by atoms with Crippen molar-refractivity contribution >= 4 is 21.7 Å². The van der Waals surface area contributed by atoms with Gasteiger partial charge in [-0.2, -0.15) is 4.31 Å². The number of hydrogen-bond acceptors (Lipinski definition) is 5. The molecule has 0 spiro atoms. The SMILES string of the molecule is CC1=C(Cc2ccccc2S(=O)(=O)N2CCCC2)C2=C(CC(C)(C)C/C2=N\OC(C)(C)C)C1CC(=O)O. The standard InChI is InChI=1S/C29H40N2O5S/c1-19-21(16-26(32)33)23-17-29(5,6)18-24(30-36-28(2,3)4)27(23)22(19)15-20-11-7-8-12-25(20)37(34,35)31-13-9-10-14-31/h7-8,11-12,21H,9-10,13-18H2,1-6H3,(H,32,33)/b30-24+. The summed E-state index contributed by atoms with van der Waals surface area (Å²) in [6.07, 6.45) is 3.63. The average Bonchev–Trinajstić information content (AvgIpc) is 3.41. The van der Waals surface area contributed by atoms with Crippen LogP contribution in [0.1, 0.15) is 79.2 Å². The Bertz CT molecular complexity index is 1280. The molecule has 1 aromatic carbocycles. The van der Waals surface area contributed by atoms with Crippen LogP contribution in [0.15, 0.2) is 56.6 Å². The molecule has 1 atom stereocenters. The topological polar surface area (TPSA) is 96.3 Å². The first-order chi connectivity index (χ1) is 17.2. The van der Waals surface area contributed by atoms with Gasteiger partial charge in [-0.3, -0.25) is 4.79 Å². The molecule has 0 bridgehead atoms. The van der Waals surface area contributed by atoms with Gasteiger partial charge in [0.1, 0.15) is 5.60 Å². The molecular formula is C29H40N2O5S. The van der Waals surface area contributed by atoms with Crippen LogP contribution < -0.4 is 0 Å². The minimum absolute atomic E-state index is 0.00534. The van der Waals surface area contributed by atoms with Crippen LogP contribution in [-0.4, -0.2) is 48.2 Å². The van der Waals surface area contributed by atoms with E-state index in [1.54, 1.807) is 16.4 Å². The van der Waals surface area contributed by atoms with Gasteiger partial charge >= 0.3 is 5.97 Å². The highest BCUT2D eigenvalue weighted by molar-refractivity contribution is 7.89. The van der Waals surface area contributed by atoms with E-state index in [2.05, 4.69) is 19.0 Å². The zero-order valence-corrected chi connectivity index (χ0v) is 23.7. The molecule has 8 heteroatoms.